The van der Waals surface area contributed by atoms with Gasteiger partial charge in [-0.2, -0.15) is 0 Å². The van der Waals surface area contributed by atoms with Crippen molar-refractivity contribution in [2.45, 2.75) is 25.5 Å². The molecular formula is C7H13NO3S. The third kappa shape index (κ3) is 1.16. The molecule has 1 aliphatic carbocycles. The summed E-state index contributed by atoms with van der Waals surface area (Å²) in [5.41, 5.74) is 0. The van der Waals surface area contributed by atoms with Gasteiger partial charge in [0.2, 0.25) is 10.0 Å². The first-order valence-electron chi connectivity index (χ1n) is 4.18. The van der Waals surface area contributed by atoms with Gasteiger partial charge in [0.1, 0.15) is 0 Å². The van der Waals surface area contributed by atoms with E-state index in [4.69, 9.17) is 0 Å². The highest BCUT2D eigenvalue weighted by Gasteiger charge is 2.47. The fourth-order valence-corrected chi connectivity index (χ4v) is 4.06. The minimum atomic E-state index is -3.09. The lowest BCUT2D eigenvalue weighted by Gasteiger charge is -2.27. The van der Waals surface area contributed by atoms with Gasteiger partial charge < -0.3 is 5.11 Å². The minimum Gasteiger partial charge on any atom is -0.391 e. The average molecular weight is 191 g/mol. The van der Waals surface area contributed by atoms with E-state index < -0.39 is 16.1 Å². The Morgan fingerprint density at radius 1 is 1.50 bits per heavy atom. The molecule has 5 heteroatoms. The van der Waals surface area contributed by atoms with Gasteiger partial charge in [0.25, 0.3) is 0 Å². The maximum Gasteiger partial charge on any atom is 0.212 e. The third-order valence-electron chi connectivity index (χ3n) is 2.89. The SMILES string of the molecule is CC1CC2CS(=O)(=O)NC1C2O. The lowest BCUT2D eigenvalue weighted by atomic mass is 10.1. The van der Waals surface area contributed by atoms with Gasteiger partial charge in [0.15, 0.2) is 0 Å². The normalized spacial score (nSPS) is 50.8. The van der Waals surface area contributed by atoms with Gasteiger partial charge in [-0.25, -0.2) is 13.1 Å². The van der Waals surface area contributed by atoms with E-state index in [9.17, 15) is 13.5 Å². The summed E-state index contributed by atoms with van der Waals surface area (Å²) in [6.07, 6.45) is 0.349. The van der Waals surface area contributed by atoms with Gasteiger partial charge >= 0.3 is 0 Å². The molecule has 4 unspecified atom stereocenters. The number of fused-ring (bicyclic) bond motifs is 2. The highest BCUT2D eigenvalue weighted by molar-refractivity contribution is 7.89. The number of sulfonamides is 1. The molecule has 2 bridgehead atoms. The van der Waals surface area contributed by atoms with Crippen molar-refractivity contribution >= 4 is 10.0 Å². The molecule has 4 nitrogen and oxygen atoms in total. The first kappa shape index (κ1) is 8.47. The van der Waals surface area contributed by atoms with Gasteiger partial charge in [0.05, 0.1) is 17.9 Å². The second kappa shape index (κ2) is 2.43. The Morgan fingerprint density at radius 3 is 2.75 bits per heavy atom. The van der Waals surface area contributed by atoms with E-state index in [0.717, 1.165) is 6.42 Å². The Hall–Kier alpha value is -0.130. The van der Waals surface area contributed by atoms with Crippen LogP contribution in [0.15, 0.2) is 0 Å². The molecule has 2 N–H and O–H groups in total. The summed E-state index contributed by atoms with van der Waals surface area (Å²) >= 11 is 0. The first-order valence-corrected chi connectivity index (χ1v) is 5.83. The lowest BCUT2D eigenvalue weighted by Crippen LogP contribution is -2.51. The average Bonchev–Trinajstić information content (AvgIpc) is 2.16. The van der Waals surface area contributed by atoms with Crippen molar-refractivity contribution in [3.63, 3.8) is 0 Å². The topological polar surface area (TPSA) is 66.4 Å². The van der Waals surface area contributed by atoms with Crippen LogP contribution in [0.4, 0.5) is 0 Å². The molecule has 12 heavy (non-hydrogen) atoms. The standard InChI is InChI=1S/C7H13NO3S/c1-4-2-5-3-12(10,11)8-6(4)7(5)9/h4-9H,2-3H2,1H3. The Labute approximate surface area is 72.0 Å². The lowest BCUT2D eigenvalue weighted by molar-refractivity contribution is 0.111. The maximum absolute atomic E-state index is 11.2. The van der Waals surface area contributed by atoms with Crippen molar-refractivity contribution in [2.75, 3.05) is 5.75 Å². The zero-order valence-corrected chi connectivity index (χ0v) is 7.71. The van der Waals surface area contributed by atoms with E-state index in [2.05, 4.69) is 4.72 Å². The molecule has 1 aliphatic heterocycles. The van der Waals surface area contributed by atoms with Crippen molar-refractivity contribution in [1.29, 1.82) is 0 Å². The van der Waals surface area contributed by atoms with E-state index in [1.165, 1.54) is 0 Å². The van der Waals surface area contributed by atoms with Crippen LogP contribution < -0.4 is 4.72 Å². The smallest absolute Gasteiger partial charge is 0.212 e. The second-order valence-corrected chi connectivity index (χ2v) is 5.69. The maximum atomic E-state index is 11.2. The van der Waals surface area contributed by atoms with Crippen LogP contribution in [0.1, 0.15) is 13.3 Å². The van der Waals surface area contributed by atoms with Crippen LogP contribution in [0.5, 0.6) is 0 Å². The van der Waals surface area contributed by atoms with Gasteiger partial charge in [-0.15, -0.1) is 0 Å². The van der Waals surface area contributed by atoms with Crippen LogP contribution >= 0.6 is 0 Å². The summed E-state index contributed by atoms with van der Waals surface area (Å²) in [5.74, 6) is 0.313. The van der Waals surface area contributed by atoms with E-state index in [1.54, 1.807) is 0 Å². The third-order valence-corrected chi connectivity index (χ3v) is 4.39. The molecule has 0 amide bonds. The minimum absolute atomic E-state index is 0.0451. The van der Waals surface area contributed by atoms with Gasteiger partial charge in [0, 0.05) is 5.92 Å². The van der Waals surface area contributed by atoms with Crippen LogP contribution in [-0.2, 0) is 10.0 Å². The number of aliphatic hydroxyl groups is 1. The molecular weight excluding hydrogens is 178 g/mol. The van der Waals surface area contributed by atoms with E-state index in [1.807, 2.05) is 6.92 Å². The van der Waals surface area contributed by atoms with Gasteiger partial charge in [-0.05, 0) is 12.3 Å². The molecule has 2 fully saturated rings. The van der Waals surface area contributed by atoms with E-state index in [0.29, 0.717) is 0 Å². The van der Waals surface area contributed by atoms with Crippen molar-refractivity contribution in [2.24, 2.45) is 11.8 Å². The number of rotatable bonds is 0. The Balaban J connectivity index is 2.30. The highest BCUT2D eigenvalue weighted by Crippen LogP contribution is 2.35. The summed E-state index contributed by atoms with van der Waals surface area (Å²) in [6, 6.07) is -0.242. The van der Waals surface area contributed by atoms with Gasteiger partial charge in [-0.3, -0.25) is 0 Å². The number of nitrogens with one attached hydrogen (secondary N) is 1. The summed E-state index contributed by atoms with van der Waals surface area (Å²) in [6.45, 7) is 1.97. The summed E-state index contributed by atoms with van der Waals surface area (Å²) in [7, 11) is -3.09. The van der Waals surface area contributed by atoms with Crippen molar-refractivity contribution in [1.82, 2.24) is 4.72 Å². The zero-order chi connectivity index (χ0) is 8.93. The Bertz CT molecular complexity index is 287. The molecule has 1 saturated carbocycles. The van der Waals surface area contributed by atoms with E-state index in [-0.39, 0.29) is 23.6 Å². The number of aliphatic hydroxyl groups excluding tert-OH is 1. The largest absolute Gasteiger partial charge is 0.391 e. The molecule has 70 valence electrons. The number of hydrogen-bond donors (Lipinski definition) is 2. The summed E-state index contributed by atoms with van der Waals surface area (Å²) in [5, 5.41) is 9.58. The van der Waals surface area contributed by atoms with Crippen LogP contribution in [-0.4, -0.2) is 31.4 Å². The molecule has 0 aromatic rings. The molecule has 1 saturated heterocycles. The quantitative estimate of drug-likeness (QED) is 0.532. The summed E-state index contributed by atoms with van der Waals surface area (Å²) in [4.78, 5) is 0. The molecule has 0 aromatic heterocycles. The molecule has 0 spiro atoms. The molecule has 4 atom stereocenters. The van der Waals surface area contributed by atoms with Crippen molar-refractivity contribution in [3.05, 3.63) is 0 Å². The fraction of sp³-hybridized carbons (Fsp3) is 1.00. The number of hydrogen-bond acceptors (Lipinski definition) is 3. The predicted molar refractivity (Wildman–Crippen MR) is 44.0 cm³/mol. The summed E-state index contributed by atoms with van der Waals surface area (Å²) < 4.78 is 24.9. The Morgan fingerprint density at radius 2 is 2.17 bits per heavy atom. The van der Waals surface area contributed by atoms with Crippen molar-refractivity contribution < 1.29 is 13.5 Å². The van der Waals surface area contributed by atoms with Gasteiger partial charge in [-0.1, -0.05) is 6.92 Å². The van der Waals surface area contributed by atoms with Crippen molar-refractivity contribution in [3.8, 4) is 0 Å². The fourth-order valence-electron chi connectivity index (χ4n) is 2.28. The molecule has 2 rings (SSSR count). The van der Waals surface area contributed by atoms with E-state index >= 15 is 0 Å². The zero-order valence-electron chi connectivity index (χ0n) is 6.90. The molecule has 0 aromatic carbocycles. The molecule has 0 radical (unpaired) electrons. The highest BCUT2D eigenvalue weighted by atomic mass is 32.2. The predicted octanol–water partition coefficient (Wildman–Crippen LogP) is -0.695. The van der Waals surface area contributed by atoms with Crippen LogP contribution in [0, 0.1) is 11.8 Å². The van der Waals surface area contributed by atoms with Crippen LogP contribution in [0.2, 0.25) is 0 Å². The molecule has 1 heterocycles. The molecule has 2 aliphatic rings. The monoisotopic (exact) mass is 191 g/mol. The first-order chi connectivity index (χ1) is 5.49. The van der Waals surface area contributed by atoms with Crippen LogP contribution in [0.3, 0.4) is 0 Å². The Kier molecular flexibility index (Phi) is 1.72. The second-order valence-electron chi connectivity index (χ2n) is 3.89. The van der Waals surface area contributed by atoms with Crippen LogP contribution in [0.25, 0.3) is 0 Å².